The third kappa shape index (κ3) is 2.94. The number of rotatable bonds is 5. The average Bonchev–Trinajstić information content (AvgIpc) is 3.26. The largest absolute Gasteiger partial charge is 0.508 e. The molecule has 1 aromatic carbocycles. The number of fused-ring (bicyclic) bond motifs is 2. The smallest absolute Gasteiger partial charge is 0.306 e. The summed E-state index contributed by atoms with van der Waals surface area (Å²) >= 11 is 1.49. The maximum Gasteiger partial charge on any atom is 0.306 e. The minimum absolute atomic E-state index is 0.161. The van der Waals surface area contributed by atoms with Crippen LogP contribution in [0.5, 0.6) is 5.75 Å². The number of phenols is 1. The maximum absolute atomic E-state index is 12.3. The summed E-state index contributed by atoms with van der Waals surface area (Å²) in [6.45, 7) is 2.17. The van der Waals surface area contributed by atoms with Crippen molar-refractivity contribution in [3.05, 3.63) is 65.8 Å². The summed E-state index contributed by atoms with van der Waals surface area (Å²) in [5.41, 5.74) is 3.92. The van der Waals surface area contributed by atoms with Crippen molar-refractivity contribution in [2.24, 2.45) is 0 Å². The fourth-order valence-corrected chi connectivity index (χ4v) is 4.04. The topological polar surface area (TPSA) is 77.6 Å². The molecule has 2 aliphatic rings. The van der Waals surface area contributed by atoms with Gasteiger partial charge in [-0.1, -0.05) is 6.08 Å². The number of benzene rings is 1. The first-order valence-corrected chi connectivity index (χ1v) is 9.21. The van der Waals surface area contributed by atoms with Crippen LogP contribution in [0, 0.1) is 0 Å². The molecule has 0 spiro atoms. The van der Waals surface area contributed by atoms with Gasteiger partial charge in [0, 0.05) is 41.5 Å². The lowest BCUT2D eigenvalue weighted by Gasteiger charge is -2.26. The van der Waals surface area contributed by atoms with Crippen molar-refractivity contribution in [1.82, 2.24) is 14.0 Å². The van der Waals surface area contributed by atoms with E-state index in [2.05, 4.69) is 9.71 Å². The Morgan fingerprint density at radius 2 is 2.31 bits per heavy atom. The third-order valence-corrected chi connectivity index (χ3v) is 5.24. The molecule has 0 bridgehead atoms. The molecule has 0 amide bonds. The number of carbonyl (C=O) groups is 1. The summed E-state index contributed by atoms with van der Waals surface area (Å²) in [5.74, 6) is -0.184. The number of hydrogen-bond acceptors (Lipinski definition) is 6. The summed E-state index contributed by atoms with van der Waals surface area (Å²) in [6, 6.07) is 5.23. The monoisotopic (exact) mass is 369 g/mol. The van der Waals surface area contributed by atoms with Crippen LogP contribution in [-0.2, 0) is 9.53 Å². The first kappa shape index (κ1) is 16.7. The van der Waals surface area contributed by atoms with E-state index in [0.717, 1.165) is 27.7 Å². The normalized spacial score (nSPS) is 16.7. The highest BCUT2D eigenvalue weighted by Crippen LogP contribution is 2.42. The molecule has 26 heavy (non-hydrogen) atoms. The van der Waals surface area contributed by atoms with Crippen LogP contribution >= 0.6 is 12.1 Å². The van der Waals surface area contributed by atoms with Gasteiger partial charge in [0.1, 0.15) is 5.75 Å². The van der Waals surface area contributed by atoms with Crippen molar-refractivity contribution in [3.63, 3.8) is 0 Å². The molecule has 7 heteroatoms. The standard InChI is InChI=1S/C19H19N3O3S/c1-2-25-19(24)9-15(14-4-3-7-22-18(14)11-21-26-22)16-10-20-17-8-12(23)5-6-13(16)17/h3-8,10-11,15,20-21,23H,2,9H2,1H3. The van der Waals surface area contributed by atoms with E-state index in [0.29, 0.717) is 6.61 Å². The molecule has 6 nitrogen and oxygen atoms in total. The van der Waals surface area contributed by atoms with Gasteiger partial charge in [0.15, 0.2) is 0 Å². The second kappa shape index (κ2) is 6.84. The molecule has 0 saturated heterocycles. The van der Waals surface area contributed by atoms with Crippen LogP contribution in [0.15, 0.2) is 60.2 Å². The van der Waals surface area contributed by atoms with Crippen molar-refractivity contribution in [3.8, 4) is 5.75 Å². The molecule has 1 unspecified atom stereocenters. The molecule has 3 N–H and O–H groups in total. The molecule has 0 aliphatic carbocycles. The molecule has 134 valence electrons. The van der Waals surface area contributed by atoms with Gasteiger partial charge in [0.25, 0.3) is 0 Å². The Bertz CT molecular complexity index is 945. The Kier molecular flexibility index (Phi) is 4.38. The van der Waals surface area contributed by atoms with Crippen LogP contribution in [-0.4, -0.2) is 27.0 Å². The van der Waals surface area contributed by atoms with Gasteiger partial charge in [0.05, 0.1) is 30.9 Å². The fourth-order valence-electron chi connectivity index (χ4n) is 3.38. The zero-order chi connectivity index (χ0) is 18.1. The van der Waals surface area contributed by atoms with Crippen LogP contribution < -0.4 is 4.72 Å². The van der Waals surface area contributed by atoms with E-state index in [1.165, 1.54) is 12.1 Å². The van der Waals surface area contributed by atoms with Crippen LogP contribution in [0.1, 0.15) is 24.8 Å². The van der Waals surface area contributed by atoms with Gasteiger partial charge in [-0.15, -0.1) is 0 Å². The van der Waals surface area contributed by atoms with Gasteiger partial charge in [-0.25, -0.2) is 0 Å². The summed E-state index contributed by atoms with van der Waals surface area (Å²) in [6.07, 6.45) is 10.1. The van der Waals surface area contributed by atoms with Crippen molar-refractivity contribution < 1.29 is 14.6 Å². The Balaban J connectivity index is 1.79. The predicted octanol–water partition coefficient (Wildman–Crippen LogP) is 3.67. The number of ether oxygens (including phenoxy) is 1. The molecule has 0 radical (unpaired) electrons. The van der Waals surface area contributed by atoms with E-state index < -0.39 is 0 Å². The summed E-state index contributed by atoms with van der Waals surface area (Å²) < 4.78 is 10.4. The first-order valence-electron chi connectivity index (χ1n) is 8.43. The van der Waals surface area contributed by atoms with E-state index in [1.807, 2.05) is 48.0 Å². The van der Waals surface area contributed by atoms with Gasteiger partial charge in [-0.2, -0.15) is 0 Å². The summed E-state index contributed by atoms with van der Waals surface area (Å²) in [5, 5.41) is 10.7. The maximum atomic E-state index is 12.3. The van der Waals surface area contributed by atoms with Crippen LogP contribution in [0.25, 0.3) is 10.9 Å². The molecule has 4 rings (SSSR count). The highest BCUT2D eigenvalue weighted by Gasteiger charge is 2.30. The van der Waals surface area contributed by atoms with Gasteiger partial charge < -0.3 is 19.5 Å². The lowest BCUT2D eigenvalue weighted by atomic mass is 9.85. The highest BCUT2D eigenvalue weighted by molar-refractivity contribution is 7.95. The number of carbonyl (C=O) groups excluding carboxylic acids is 1. The molecular weight excluding hydrogens is 350 g/mol. The van der Waals surface area contributed by atoms with Crippen LogP contribution in [0.2, 0.25) is 0 Å². The number of hydrogen-bond donors (Lipinski definition) is 3. The number of phenolic OH excluding ortho intramolecular Hbond substituents is 1. The number of nitrogens with one attached hydrogen (secondary N) is 2. The Morgan fingerprint density at radius 3 is 3.15 bits per heavy atom. The Labute approximate surface area is 155 Å². The number of aromatic nitrogens is 1. The molecular formula is C19H19N3O3S. The summed E-state index contributed by atoms with van der Waals surface area (Å²) in [7, 11) is 0. The lowest BCUT2D eigenvalue weighted by Crippen LogP contribution is -2.18. The quantitative estimate of drug-likeness (QED) is 0.551. The van der Waals surface area contributed by atoms with Crippen LogP contribution in [0.3, 0.4) is 0 Å². The van der Waals surface area contributed by atoms with Gasteiger partial charge in [-0.3, -0.25) is 9.10 Å². The molecule has 2 aromatic rings. The number of aromatic amines is 1. The SMILES string of the molecule is CCOC(=O)CC(C1=CC=CN2SNC=C12)c1c[nH]c2cc(O)ccc12. The van der Waals surface area contributed by atoms with E-state index in [9.17, 15) is 9.90 Å². The zero-order valence-electron chi connectivity index (χ0n) is 14.2. The molecule has 1 atom stereocenters. The first-order chi connectivity index (χ1) is 12.7. The highest BCUT2D eigenvalue weighted by atomic mass is 32.2. The van der Waals surface area contributed by atoms with E-state index >= 15 is 0 Å². The van der Waals surface area contributed by atoms with Gasteiger partial charge in [0.2, 0.25) is 0 Å². The van der Waals surface area contributed by atoms with E-state index in [-0.39, 0.29) is 24.1 Å². The van der Waals surface area contributed by atoms with Gasteiger partial charge in [-0.05, 0) is 36.3 Å². The van der Waals surface area contributed by atoms with Crippen molar-refractivity contribution in [1.29, 1.82) is 0 Å². The molecule has 0 fully saturated rings. The fraction of sp³-hybridized carbons (Fsp3) is 0.211. The molecule has 1 aromatic heterocycles. The number of aromatic hydroxyl groups is 1. The Hall–Kier alpha value is -2.80. The lowest BCUT2D eigenvalue weighted by molar-refractivity contribution is -0.143. The molecule has 3 heterocycles. The zero-order valence-corrected chi connectivity index (χ0v) is 15.0. The molecule has 0 saturated carbocycles. The van der Waals surface area contributed by atoms with Gasteiger partial charge >= 0.3 is 5.97 Å². The summed E-state index contributed by atoms with van der Waals surface area (Å²) in [4.78, 5) is 15.5. The minimum atomic E-state index is -0.230. The number of allylic oxidation sites excluding steroid dienone is 3. The molecule has 2 aliphatic heterocycles. The number of H-pyrrole nitrogens is 1. The predicted molar refractivity (Wildman–Crippen MR) is 102 cm³/mol. The van der Waals surface area contributed by atoms with Crippen molar-refractivity contribution in [2.75, 3.05) is 6.61 Å². The second-order valence-corrected chi connectivity index (χ2v) is 6.88. The second-order valence-electron chi connectivity index (χ2n) is 6.06. The van der Waals surface area contributed by atoms with Crippen molar-refractivity contribution >= 4 is 29.0 Å². The number of esters is 1. The van der Waals surface area contributed by atoms with E-state index in [4.69, 9.17) is 4.74 Å². The average molecular weight is 369 g/mol. The Morgan fingerprint density at radius 1 is 1.42 bits per heavy atom. The van der Waals surface area contributed by atoms with Crippen LogP contribution in [0.4, 0.5) is 0 Å². The third-order valence-electron chi connectivity index (χ3n) is 4.50. The van der Waals surface area contributed by atoms with E-state index in [1.54, 1.807) is 12.1 Å². The minimum Gasteiger partial charge on any atom is -0.508 e. The number of nitrogens with zero attached hydrogens (tertiary/aromatic N) is 1. The van der Waals surface area contributed by atoms with Crippen molar-refractivity contribution in [2.45, 2.75) is 19.3 Å².